The predicted octanol–water partition coefficient (Wildman–Crippen LogP) is 1.37. The molecule has 4 aromatic heterocycles. The first kappa shape index (κ1) is 32.1. The number of carbonyl (C=O) groups is 2. The number of aromatic nitrogens is 4. The van der Waals surface area contributed by atoms with E-state index in [9.17, 15) is 9.59 Å². The molecule has 1 aliphatic heterocycles. The minimum atomic E-state index is -0.243. The Morgan fingerprint density at radius 3 is 1.95 bits per heavy atom. The summed E-state index contributed by atoms with van der Waals surface area (Å²) >= 11 is 0. The van der Waals surface area contributed by atoms with E-state index in [1.54, 1.807) is 13.8 Å². The Labute approximate surface area is 264 Å². The molecule has 0 atom stereocenters. The van der Waals surface area contributed by atoms with E-state index in [2.05, 4.69) is 6.07 Å². The number of carbonyl (C=O) groups excluding carboxylic acids is 2. The fourth-order valence-corrected chi connectivity index (χ4v) is 5.42. The number of fused-ring (bicyclic) bond motifs is 8. The molecule has 0 amide bonds. The predicted molar refractivity (Wildman–Crippen MR) is 161 cm³/mol. The average molecular weight is 630 g/mol. The number of hydrogen-bond acceptors (Lipinski definition) is 4. The van der Waals surface area contributed by atoms with Crippen molar-refractivity contribution in [1.82, 2.24) is 19.9 Å². The van der Waals surface area contributed by atoms with Crippen molar-refractivity contribution in [1.29, 1.82) is 0 Å². The number of ether oxygens (including phenoxy) is 2. The van der Waals surface area contributed by atoms with Crippen molar-refractivity contribution in [3.63, 3.8) is 0 Å². The van der Waals surface area contributed by atoms with Gasteiger partial charge in [0.05, 0.1) is 13.2 Å². The van der Waals surface area contributed by atoms with E-state index in [-0.39, 0.29) is 44.3 Å². The first-order valence-electron chi connectivity index (χ1n) is 14.5. The fourth-order valence-electron chi connectivity index (χ4n) is 5.42. The first-order valence-corrected chi connectivity index (χ1v) is 14.5. The van der Waals surface area contributed by atoms with Gasteiger partial charge in [-0.25, -0.2) is 0 Å². The van der Waals surface area contributed by atoms with Crippen LogP contribution in [0.3, 0.4) is 0 Å². The van der Waals surface area contributed by atoms with Gasteiger partial charge >= 0.3 is 11.9 Å². The molecular weight excluding hydrogens is 594 g/mol. The third kappa shape index (κ3) is 7.05. The Balaban J connectivity index is 0.00000423. The Kier molecular flexibility index (Phi) is 10.2. The minimum Gasteiger partial charge on any atom is -0.658 e. The summed E-state index contributed by atoms with van der Waals surface area (Å²) < 4.78 is 10.4. The summed E-state index contributed by atoms with van der Waals surface area (Å²) in [5.74, 6) is -0.486. The second-order valence-corrected chi connectivity index (χ2v) is 10.7. The molecule has 4 aromatic rings. The van der Waals surface area contributed by atoms with Crippen LogP contribution in [0.15, 0.2) is 12.1 Å². The van der Waals surface area contributed by atoms with Gasteiger partial charge in [0.1, 0.15) is 0 Å². The molecule has 0 spiro atoms. The van der Waals surface area contributed by atoms with Crippen LogP contribution in [0.4, 0.5) is 0 Å². The molecule has 0 saturated carbocycles. The van der Waals surface area contributed by atoms with Crippen LogP contribution in [0.2, 0.25) is 0 Å². The molecule has 0 radical (unpaired) electrons. The van der Waals surface area contributed by atoms with Crippen LogP contribution >= 0.6 is 0 Å². The second-order valence-electron chi connectivity index (χ2n) is 10.7. The molecule has 43 heavy (non-hydrogen) atoms. The zero-order valence-corrected chi connectivity index (χ0v) is 28.8. The molecule has 0 fully saturated rings. The van der Waals surface area contributed by atoms with E-state index in [0.717, 1.165) is 77.6 Å². The number of nitrogens with zero attached hydrogens (tertiary/aromatic N) is 4. The number of esters is 2. The molecule has 5 rings (SSSR count). The van der Waals surface area contributed by atoms with Gasteiger partial charge in [0, 0.05) is 32.3 Å². The van der Waals surface area contributed by atoms with Crippen LogP contribution in [-0.4, -0.2) is 25.2 Å². The first-order chi connectivity index (χ1) is 20.2. The molecule has 8 nitrogen and oxygen atoms in total. The van der Waals surface area contributed by atoms with Gasteiger partial charge in [-0.15, -0.1) is 44.2 Å². The Hall–Kier alpha value is -3.84. The van der Waals surface area contributed by atoms with E-state index in [1.165, 1.54) is 0 Å². The van der Waals surface area contributed by atoms with Gasteiger partial charge in [-0.05, 0) is 54.4 Å². The number of rotatable bonds is 8. The van der Waals surface area contributed by atoms with Crippen molar-refractivity contribution in [3.8, 4) is 0 Å². The van der Waals surface area contributed by atoms with Gasteiger partial charge in [-0.1, -0.05) is 69.8 Å². The Bertz CT molecular complexity index is 1900. The van der Waals surface area contributed by atoms with E-state index in [1.807, 2.05) is 58.1 Å². The molecule has 0 N–H and O–H groups in total. The zero-order chi connectivity index (χ0) is 30.0. The summed E-state index contributed by atoms with van der Waals surface area (Å²) in [6.45, 7) is 12.4. The molecule has 0 aliphatic carbocycles. The minimum absolute atomic E-state index is 0. The van der Waals surface area contributed by atoms with Gasteiger partial charge in [0.25, 0.3) is 0 Å². The molecule has 222 valence electrons. The summed E-state index contributed by atoms with van der Waals surface area (Å²) in [6.07, 6.45) is 9.43. The maximum atomic E-state index is 12.3. The van der Waals surface area contributed by atoms with E-state index >= 15 is 0 Å². The van der Waals surface area contributed by atoms with E-state index < -0.39 is 0 Å². The van der Waals surface area contributed by atoms with Gasteiger partial charge in [-0.3, -0.25) is 9.59 Å². The average Bonchev–Trinajstić information content (AvgIpc) is 3.63. The summed E-state index contributed by atoms with van der Waals surface area (Å²) in [5.41, 5.74) is 9.23. The molecule has 9 heteroatoms. The van der Waals surface area contributed by atoms with Crippen molar-refractivity contribution >= 4 is 36.2 Å². The molecular formula is C34H36N4O4Zn-4. The van der Waals surface area contributed by atoms with Crippen molar-refractivity contribution < 1.29 is 38.5 Å². The molecule has 1 aliphatic rings. The van der Waals surface area contributed by atoms with Gasteiger partial charge in [0.15, 0.2) is 0 Å². The summed E-state index contributed by atoms with van der Waals surface area (Å²) in [4.78, 5) is 44.3. The fraction of sp³-hybridized carbons (Fsp3) is 0.353. The smallest absolute Gasteiger partial charge is 0.306 e. The quantitative estimate of drug-likeness (QED) is 0.187. The zero-order valence-electron chi connectivity index (χ0n) is 25.8. The Morgan fingerprint density at radius 1 is 0.628 bits per heavy atom. The number of hydrogen-bond donors (Lipinski definition) is 0. The monoisotopic (exact) mass is 628 g/mol. The van der Waals surface area contributed by atoms with E-state index in [0.29, 0.717) is 26.1 Å². The van der Waals surface area contributed by atoms with E-state index in [4.69, 9.17) is 29.4 Å². The van der Waals surface area contributed by atoms with Gasteiger partial charge in [0.2, 0.25) is 0 Å². The third-order valence-corrected chi connectivity index (χ3v) is 7.69. The maximum absolute atomic E-state index is 12.3. The number of aryl methyl sites for hydroxylation is 2. The Morgan fingerprint density at radius 2 is 1.28 bits per heavy atom. The second kappa shape index (κ2) is 13.6. The van der Waals surface area contributed by atoms with Crippen molar-refractivity contribution in [2.24, 2.45) is 0 Å². The van der Waals surface area contributed by atoms with Crippen LogP contribution in [0, 0.1) is 27.7 Å². The van der Waals surface area contributed by atoms with Gasteiger partial charge in [-0.2, -0.15) is 0 Å². The van der Waals surface area contributed by atoms with Crippen LogP contribution in [0.1, 0.15) is 82.8 Å². The van der Waals surface area contributed by atoms with Crippen molar-refractivity contribution in [2.75, 3.05) is 13.2 Å². The molecule has 8 bridgehead atoms. The molecule has 0 unspecified atom stereocenters. The molecule has 5 heterocycles. The SMILES string of the molecule is CCOC(=O)CCc1c2[n-]c(c1C)/C=c1/cc(C)/c([n-]1)=C/c1cc(C)c([n-]1)/C=c1\[n-]/c(c(CCC(=O)OCC)c1C)=C\2.[Zn]. The maximum Gasteiger partial charge on any atom is 0.306 e. The van der Waals surface area contributed by atoms with Crippen LogP contribution < -0.4 is 41.3 Å². The van der Waals surface area contributed by atoms with Crippen LogP contribution in [0.5, 0.6) is 0 Å². The summed E-state index contributed by atoms with van der Waals surface area (Å²) in [7, 11) is 0. The topological polar surface area (TPSA) is 109 Å². The summed E-state index contributed by atoms with van der Waals surface area (Å²) in [5, 5.41) is 3.22. The van der Waals surface area contributed by atoms with Crippen molar-refractivity contribution in [2.45, 2.75) is 67.2 Å². The molecule has 0 saturated heterocycles. The van der Waals surface area contributed by atoms with Crippen LogP contribution in [-0.2, 0) is 51.4 Å². The third-order valence-electron chi connectivity index (χ3n) is 7.69. The summed E-state index contributed by atoms with van der Waals surface area (Å²) in [6, 6.07) is 4.10. The normalized spacial score (nSPS) is 15.0. The van der Waals surface area contributed by atoms with Gasteiger partial charge < -0.3 is 29.4 Å². The van der Waals surface area contributed by atoms with Crippen molar-refractivity contribution in [3.05, 3.63) is 89.7 Å². The molecule has 0 aromatic carbocycles. The standard InChI is InChI=1S/C34H36N4O4.Zn/c1-7-41-33(39)11-9-25-21(5)29-16-24-13-19(3)27(35-24)15-23-14-20(4)28(36-23)17-30-22(6)26(10-12-34(40)42-8-2)32(38-30)18-31(25)37-29;/h13-18H,7-12H2,1-6H3;/q-4;/b23-15?,24-16-,27-15-,28-17?,29-16?,30-17-,31-18?,32-18-;. The largest absolute Gasteiger partial charge is 0.658 e. The van der Waals surface area contributed by atoms with Crippen LogP contribution in [0.25, 0.3) is 24.3 Å².